The summed E-state index contributed by atoms with van der Waals surface area (Å²) in [6.45, 7) is 2.81. The topological polar surface area (TPSA) is 43.9 Å². The predicted molar refractivity (Wildman–Crippen MR) is 59.8 cm³/mol. The molecule has 80 valence electrons. The Hall–Kier alpha value is -1.10. The number of furan rings is 1. The van der Waals surface area contributed by atoms with E-state index >= 15 is 0 Å². The van der Waals surface area contributed by atoms with Crippen molar-refractivity contribution in [2.24, 2.45) is 0 Å². The molecule has 0 aliphatic carbocycles. The van der Waals surface area contributed by atoms with Crippen LogP contribution in [0.15, 0.2) is 29.2 Å². The van der Waals surface area contributed by atoms with E-state index in [4.69, 9.17) is 4.42 Å². The minimum atomic E-state index is 0.288. The largest absolute Gasteiger partial charge is 0.472 e. The molecule has 0 N–H and O–H groups in total. The van der Waals surface area contributed by atoms with Crippen molar-refractivity contribution < 1.29 is 4.42 Å². The molecule has 15 heavy (non-hydrogen) atoms. The minimum Gasteiger partial charge on any atom is -0.472 e. The molecule has 0 saturated carbocycles. The summed E-state index contributed by atoms with van der Waals surface area (Å²) in [7, 11) is 0. The van der Waals surface area contributed by atoms with Crippen LogP contribution in [0.5, 0.6) is 0 Å². The van der Waals surface area contributed by atoms with Gasteiger partial charge in [0.25, 0.3) is 0 Å². The molecule has 0 aliphatic rings. The molecule has 2 rings (SSSR count). The molecule has 0 fully saturated rings. The molecule has 0 bridgehead atoms. The van der Waals surface area contributed by atoms with Crippen LogP contribution < -0.4 is 0 Å². The quantitative estimate of drug-likeness (QED) is 0.802. The number of rotatable bonds is 4. The van der Waals surface area contributed by atoms with Crippen LogP contribution >= 0.6 is 15.9 Å². The van der Waals surface area contributed by atoms with E-state index in [0.29, 0.717) is 6.54 Å². The van der Waals surface area contributed by atoms with Gasteiger partial charge in [-0.25, -0.2) is 4.68 Å². The zero-order valence-electron chi connectivity index (χ0n) is 8.43. The summed E-state index contributed by atoms with van der Waals surface area (Å²) < 4.78 is 6.80. The Balaban J connectivity index is 2.07. The zero-order valence-corrected chi connectivity index (χ0v) is 10.0. The first-order chi connectivity index (χ1) is 7.29. The Bertz CT molecular complexity index is 410. The maximum Gasteiger partial charge on any atom is 0.0963 e. The molecule has 2 aromatic rings. The van der Waals surface area contributed by atoms with Crippen molar-refractivity contribution in [3.8, 4) is 0 Å². The number of hydrogen-bond donors (Lipinski definition) is 0. The molecule has 2 aromatic heterocycles. The van der Waals surface area contributed by atoms with E-state index in [0.717, 1.165) is 17.7 Å². The van der Waals surface area contributed by atoms with Crippen LogP contribution in [0.25, 0.3) is 0 Å². The van der Waals surface area contributed by atoms with Crippen molar-refractivity contribution in [3.63, 3.8) is 0 Å². The molecule has 0 saturated heterocycles. The molecule has 0 aromatic carbocycles. The smallest absolute Gasteiger partial charge is 0.0963 e. The molecule has 4 nitrogen and oxygen atoms in total. The Morgan fingerprint density at radius 1 is 1.60 bits per heavy atom. The number of hydrogen-bond acceptors (Lipinski definition) is 3. The standard InChI is InChI=1S/C10H12BrN3O/c1-2-9(11)10-6-14(13-12-10)5-8-3-4-15-7-8/h3-4,6-7,9H,2,5H2,1H3. The van der Waals surface area contributed by atoms with Gasteiger partial charge in [-0.15, -0.1) is 5.10 Å². The molecule has 1 atom stereocenters. The molecule has 0 aliphatic heterocycles. The lowest BCUT2D eigenvalue weighted by Gasteiger charge is -1.99. The van der Waals surface area contributed by atoms with Gasteiger partial charge in [-0.1, -0.05) is 28.1 Å². The Labute approximate surface area is 96.4 Å². The van der Waals surface area contributed by atoms with E-state index in [1.807, 2.05) is 16.9 Å². The highest BCUT2D eigenvalue weighted by molar-refractivity contribution is 9.09. The number of alkyl halides is 1. The van der Waals surface area contributed by atoms with E-state index in [1.165, 1.54) is 0 Å². The summed E-state index contributed by atoms with van der Waals surface area (Å²) in [5.74, 6) is 0. The molecule has 0 spiro atoms. The van der Waals surface area contributed by atoms with Gasteiger partial charge in [0.1, 0.15) is 0 Å². The summed E-state index contributed by atoms with van der Waals surface area (Å²) in [5, 5.41) is 8.16. The molecular formula is C10H12BrN3O. The van der Waals surface area contributed by atoms with Crippen LogP contribution in [0.3, 0.4) is 0 Å². The van der Waals surface area contributed by atoms with E-state index in [9.17, 15) is 0 Å². The first-order valence-electron chi connectivity index (χ1n) is 4.84. The lowest BCUT2D eigenvalue weighted by atomic mass is 10.3. The van der Waals surface area contributed by atoms with Crippen molar-refractivity contribution >= 4 is 15.9 Å². The Morgan fingerprint density at radius 3 is 3.13 bits per heavy atom. The second kappa shape index (κ2) is 4.61. The van der Waals surface area contributed by atoms with Gasteiger partial charge in [-0.2, -0.15) is 0 Å². The maximum absolute atomic E-state index is 4.99. The third kappa shape index (κ3) is 2.47. The molecule has 5 heteroatoms. The highest BCUT2D eigenvalue weighted by Gasteiger charge is 2.09. The van der Waals surface area contributed by atoms with Crippen LogP contribution in [0.2, 0.25) is 0 Å². The van der Waals surface area contributed by atoms with Crippen LogP contribution in [-0.4, -0.2) is 15.0 Å². The van der Waals surface area contributed by atoms with E-state index in [-0.39, 0.29) is 4.83 Å². The summed E-state index contributed by atoms with van der Waals surface area (Å²) in [5.41, 5.74) is 2.06. The first-order valence-corrected chi connectivity index (χ1v) is 5.76. The normalized spacial score (nSPS) is 12.9. The van der Waals surface area contributed by atoms with Gasteiger partial charge < -0.3 is 4.42 Å². The Kier molecular flexibility index (Phi) is 3.20. The number of nitrogens with zero attached hydrogens (tertiary/aromatic N) is 3. The van der Waals surface area contributed by atoms with Gasteiger partial charge in [-0.05, 0) is 12.5 Å². The lowest BCUT2D eigenvalue weighted by molar-refractivity contribution is 0.558. The Morgan fingerprint density at radius 2 is 2.47 bits per heavy atom. The fourth-order valence-corrected chi connectivity index (χ4v) is 1.52. The van der Waals surface area contributed by atoms with Crippen LogP contribution in [0.1, 0.15) is 29.4 Å². The number of aromatic nitrogens is 3. The third-order valence-electron chi connectivity index (χ3n) is 2.16. The fraction of sp³-hybridized carbons (Fsp3) is 0.400. The van der Waals surface area contributed by atoms with Gasteiger partial charge in [0.2, 0.25) is 0 Å². The summed E-state index contributed by atoms with van der Waals surface area (Å²) in [4.78, 5) is 0.288. The highest BCUT2D eigenvalue weighted by atomic mass is 79.9. The van der Waals surface area contributed by atoms with Gasteiger partial charge in [-0.3, -0.25) is 0 Å². The monoisotopic (exact) mass is 269 g/mol. The molecule has 1 unspecified atom stereocenters. The van der Waals surface area contributed by atoms with Crippen molar-refractivity contribution in [1.29, 1.82) is 0 Å². The van der Waals surface area contributed by atoms with E-state index in [2.05, 4.69) is 33.2 Å². The maximum atomic E-state index is 4.99. The SMILES string of the molecule is CCC(Br)c1cn(Cc2ccoc2)nn1. The molecular weight excluding hydrogens is 258 g/mol. The third-order valence-corrected chi connectivity index (χ3v) is 3.28. The second-order valence-electron chi connectivity index (χ2n) is 3.35. The van der Waals surface area contributed by atoms with Crippen molar-refractivity contribution in [2.45, 2.75) is 24.7 Å². The van der Waals surface area contributed by atoms with Gasteiger partial charge in [0.15, 0.2) is 0 Å². The van der Waals surface area contributed by atoms with Crippen LogP contribution in [0, 0.1) is 0 Å². The summed E-state index contributed by atoms with van der Waals surface area (Å²) in [6, 6.07) is 1.92. The predicted octanol–water partition coefficient (Wildman–Crippen LogP) is 2.77. The van der Waals surface area contributed by atoms with Crippen molar-refractivity contribution in [3.05, 3.63) is 36.0 Å². The molecule has 0 amide bonds. The van der Waals surface area contributed by atoms with E-state index in [1.54, 1.807) is 12.5 Å². The minimum absolute atomic E-state index is 0.288. The van der Waals surface area contributed by atoms with Crippen LogP contribution in [0.4, 0.5) is 0 Å². The van der Waals surface area contributed by atoms with Crippen molar-refractivity contribution in [1.82, 2.24) is 15.0 Å². The van der Waals surface area contributed by atoms with Crippen molar-refractivity contribution in [2.75, 3.05) is 0 Å². The van der Waals surface area contributed by atoms with Gasteiger partial charge in [0.05, 0.1) is 29.6 Å². The lowest BCUT2D eigenvalue weighted by Crippen LogP contribution is -1.98. The number of halogens is 1. The van der Waals surface area contributed by atoms with Gasteiger partial charge >= 0.3 is 0 Å². The van der Waals surface area contributed by atoms with Crippen LogP contribution in [-0.2, 0) is 6.54 Å². The van der Waals surface area contributed by atoms with Gasteiger partial charge in [0, 0.05) is 11.8 Å². The second-order valence-corrected chi connectivity index (χ2v) is 4.45. The average Bonchev–Trinajstić information content (AvgIpc) is 2.88. The summed E-state index contributed by atoms with van der Waals surface area (Å²) in [6.07, 6.45) is 6.33. The zero-order chi connectivity index (χ0) is 10.7. The first kappa shape index (κ1) is 10.4. The van der Waals surface area contributed by atoms with E-state index < -0.39 is 0 Å². The molecule has 2 heterocycles. The highest BCUT2D eigenvalue weighted by Crippen LogP contribution is 2.23. The average molecular weight is 270 g/mol. The summed E-state index contributed by atoms with van der Waals surface area (Å²) >= 11 is 3.54. The fourth-order valence-electron chi connectivity index (χ4n) is 1.31. The molecule has 0 radical (unpaired) electrons.